The van der Waals surface area contributed by atoms with Crippen LogP contribution < -0.4 is 5.32 Å². The fraction of sp³-hybridized carbons (Fsp3) is 0.917. The Morgan fingerprint density at radius 2 is 0.603 bits per heavy atom. The average molecular weight is 1100 g/mol. The summed E-state index contributed by atoms with van der Waals surface area (Å²) in [6.07, 6.45) is 85.6. The highest BCUT2D eigenvalue weighted by Crippen LogP contribution is 2.19. The number of rotatable bonds is 67. The molecule has 6 nitrogen and oxygen atoms in total. The zero-order chi connectivity index (χ0) is 56.4. The van der Waals surface area contributed by atoms with Gasteiger partial charge in [-0.2, -0.15) is 0 Å². The van der Waals surface area contributed by atoms with Crippen LogP contribution in [0, 0.1) is 0 Å². The van der Waals surface area contributed by atoms with Crippen molar-refractivity contribution in [3.63, 3.8) is 0 Å². The van der Waals surface area contributed by atoms with E-state index in [9.17, 15) is 19.8 Å². The van der Waals surface area contributed by atoms with Crippen LogP contribution in [-0.2, 0) is 14.3 Å². The molecule has 2 unspecified atom stereocenters. The van der Waals surface area contributed by atoms with Gasteiger partial charge < -0.3 is 20.3 Å². The second kappa shape index (κ2) is 67.8. The van der Waals surface area contributed by atoms with Crippen LogP contribution in [0.25, 0.3) is 0 Å². The number of unbranched alkanes of at least 4 members (excludes halogenated alkanes) is 54. The Hall–Kier alpha value is -1.66. The van der Waals surface area contributed by atoms with Gasteiger partial charge in [0.2, 0.25) is 5.91 Å². The number of esters is 1. The topological polar surface area (TPSA) is 95.9 Å². The molecule has 0 aliphatic heterocycles. The summed E-state index contributed by atoms with van der Waals surface area (Å²) in [7, 11) is 0. The van der Waals surface area contributed by atoms with Crippen molar-refractivity contribution in [2.24, 2.45) is 0 Å². The Labute approximate surface area is 488 Å². The van der Waals surface area contributed by atoms with Crippen molar-refractivity contribution < 1.29 is 24.5 Å². The zero-order valence-electron chi connectivity index (χ0n) is 52.9. The molecule has 0 saturated carbocycles. The number of hydrogen-bond donors (Lipinski definition) is 3. The summed E-state index contributed by atoms with van der Waals surface area (Å²) in [5.41, 5.74) is 0. The molecular weight excluding hydrogens is 959 g/mol. The molecule has 0 aromatic rings. The van der Waals surface area contributed by atoms with Gasteiger partial charge in [0.05, 0.1) is 25.4 Å². The monoisotopic (exact) mass is 1100 g/mol. The highest BCUT2D eigenvalue weighted by Gasteiger charge is 2.18. The van der Waals surface area contributed by atoms with E-state index < -0.39 is 12.1 Å². The Kier molecular flexibility index (Phi) is 66.4. The number of amides is 1. The van der Waals surface area contributed by atoms with Crippen LogP contribution in [0.3, 0.4) is 0 Å². The normalized spacial score (nSPS) is 12.6. The number of ether oxygens (including phenoxy) is 1. The minimum Gasteiger partial charge on any atom is -0.466 e. The molecule has 1 amide bonds. The van der Waals surface area contributed by atoms with Gasteiger partial charge in [0.25, 0.3) is 0 Å². The molecule has 78 heavy (non-hydrogen) atoms. The smallest absolute Gasteiger partial charge is 0.305 e. The van der Waals surface area contributed by atoms with Gasteiger partial charge in [-0.05, 0) is 57.8 Å². The van der Waals surface area contributed by atoms with Crippen molar-refractivity contribution >= 4 is 11.9 Å². The van der Waals surface area contributed by atoms with Crippen LogP contribution >= 0.6 is 0 Å². The molecule has 2 atom stereocenters. The molecular formula is C72H139NO5. The molecule has 0 saturated heterocycles. The fourth-order valence-corrected chi connectivity index (χ4v) is 11.3. The predicted octanol–water partition coefficient (Wildman–Crippen LogP) is 22.9. The zero-order valence-corrected chi connectivity index (χ0v) is 52.9. The van der Waals surface area contributed by atoms with E-state index in [2.05, 4.69) is 31.3 Å². The Balaban J connectivity index is 3.32. The molecule has 0 aromatic carbocycles. The Morgan fingerprint density at radius 1 is 0.346 bits per heavy atom. The number of allylic oxidation sites excluding steroid dienone is 3. The van der Waals surface area contributed by atoms with E-state index in [0.717, 1.165) is 44.9 Å². The molecule has 0 fully saturated rings. The standard InChI is InChI=1S/C72H139NO5/c1-3-5-7-9-11-13-15-17-37-42-46-50-54-58-62-66-72(77)78-67-63-59-55-51-47-43-39-36-34-32-30-28-26-24-22-20-19-21-23-25-27-29-31-33-35-38-41-45-49-53-57-61-65-71(76)73-69(68-74)70(75)64-60-56-52-48-44-40-18-16-14-12-10-8-6-4-2/h17,37,60,64,69-70,74-75H,3-16,18-36,38-59,61-63,65-68H2,1-2H3,(H,73,76)/b37-17-,64-60+. The lowest BCUT2D eigenvalue weighted by atomic mass is 10.0. The van der Waals surface area contributed by atoms with Crippen LogP contribution in [-0.4, -0.2) is 47.4 Å². The number of aliphatic hydroxyl groups excluding tert-OH is 2. The third-order valence-corrected chi connectivity index (χ3v) is 16.7. The lowest BCUT2D eigenvalue weighted by Crippen LogP contribution is -2.45. The first-order chi connectivity index (χ1) is 38.5. The van der Waals surface area contributed by atoms with E-state index >= 15 is 0 Å². The lowest BCUT2D eigenvalue weighted by molar-refractivity contribution is -0.143. The molecule has 462 valence electrons. The van der Waals surface area contributed by atoms with Gasteiger partial charge in [0, 0.05) is 12.8 Å². The first-order valence-corrected chi connectivity index (χ1v) is 35.6. The summed E-state index contributed by atoms with van der Waals surface area (Å²) >= 11 is 0. The second-order valence-corrected chi connectivity index (χ2v) is 24.6. The molecule has 0 heterocycles. The van der Waals surface area contributed by atoms with Gasteiger partial charge in [-0.1, -0.05) is 353 Å². The predicted molar refractivity (Wildman–Crippen MR) is 343 cm³/mol. The molecule has 0 bridgehead atoms. The van der Waals surface area contributed by atoms with E-state index in [0.29, 0.717) is 19.4 Å². The van der Waals surface area contributed by atoms with E-state index in [-0.39, 0.29) is 18.5 Å². The number of aliphatic hydroxyl groups is 2. The molecule has 3 N–H and O–H groups in total. The third-order valence-electron chi connectivity index (χ3n) is 16.7. The van der Waals surface area contributed by atoms with E-state index in [1.165, 1.54) is 327 Å². The summed E-state index contributed by atoms with van der Waals surface area (Å²) in [4.78, 5) is 24.5. The van der Waals surface area contributed by atoms with Gasteiger partial charge in [0.1, 0.15) is 0 Å². The van der Waals surface area contributed by atoms with Crippen LogP contribution in [0.4, 0.5) is 0 Å². The van der Waals surface area contributed by atoms with Crippen molar-refractivity contribution in [3.8, 4) is 0 Å². The van der Waals surface area contributed by atoms with Crippen molar-refractivity contribution in [3.05, 3.63) is 24.3 Å². The van der Waals surface area contributed by atoms with Gasteiger partial charge in [0.15, 0.2) is 0 Å². The van der Waals surface area contributed by atoms with Crippen molar-refractivity contribution in [2.75, 3.05) is 13.2 Å². The number of nitrogens with one attached hydrogen (secondary N) is 1. The first kappa shape index (κ1) is 76.3. The highest BCUT2D eigenvalue weighted by molar-refractivity contribution is 5.76. The van der Waals surface area contributed by atoms with Gasteiger partial charge in [-0.25, -0.2) is 0 Å². The summed E-state index contributed by atoms with van der Waals surface area (Å²) in [5, 5.41) is 23.1. The molecule has 6 heteroatoms. The lowest BCUT2D eigenvalue weighted by Gasteiger charge is -2.20. The maximum absolute atomic E-state index is 12.5. The Bertz CT molecular complexity index is 1220. The minimum absolute atomic E-state index is 0.0136. The summed E-state index contributed by atoms with van der Waals surface area (Å²) in [6, 6.07) is -0.623. The van der Waals surface area contributed by atoms with Crippen molar-refractivity contribution in [1.82, 2.24) is 5.32 Å². The third kappa shape index (κ3) is 63.5. The Morgan fingerprint density at radius 3 is 0.910 bits per heavy atom. The van der Waals surface area contributed by atoms with E-state index in [1.54, 1.807) is 6.08 Å². The van der Waals surface area contributed by atoms with Crippen LogP contribution in [0.2, 0.25) is 0 Å². The quantitative estimate of drug-likeness (QED) is 0.0320. The average Bonchev–Trinajstić information content (AvgIpc) is 3.44. The molecule has 0 aliphatic carbocycles. The first-order valence-electron chi connectivity index (χ1n) is 35.6. The molecule has 0 spiro atoms. The summed E-state index contributed by atoms with van der Waals surface area (Å²) < 4.78 is 5.49. The van der Waals surface area contributed by atoms with E-state index in [4.69, 9.17) is 4.74 Å². The largest absolute Gasteiger partial charge is 0.466 e. The SMILES string of the molecule is CCCCCCCC/C=C\CCCCCCCC(=O)OCCCCCCCCCCCCCCCCCCCCCCCCCCCCCCCCCCC(=O)NC(CO)C(O)/C=C/CCCCCCCCCCCCCC. The number of carbonyl (C=O) groups is 2. The van der Waals surface area contributed by atoms with Gasteiger partial charge in [-0.3, -0.25) is 9.59 Å². The molecule has 0 aliphatic rings. The van der Waals surface area contributed by atoms with E-state index in [1.807, 2.05) is 6.08 Å². The molecule has 0 radical (unpaired) electrons. The highest BCUT2D eigenvalue weighted by atomic mass is 16.5. The van der Waals surface area contributed by atoms with Crippen LogP contribution in [0.5, 0.6) is 0 Å². The van der Waals surface area contributed by atoms with Crippen LogP contribution in [0.15, 0.2) is 24.3 Å². The van der Waals surface area contributed by atoms with Gasteiger partial charge in [-0.15, -0.1) is 0 Å². The number of carbonyl (C=O) groups excluding carboxylic acids is 2. The van der Waals surface area contributed by atoms with Gasteiger partial charge >= 0.3 is 5.97 Å². The minimum atomic E-state index is -0.840. The maximum Gasteiger partial charge on any atom is 0.305 e. The second-order valence-electron chi connectivity index (χ2n) is 24.6. The maximum atomic E-state index is 12.5. The van der Waals surface area contributed by atoms with Crippen LogP contribution in [0.1, 0.15) is 399 Å². The summed E-state index contributed by atoms with van der Waals surface area (Å²) in [6.45, 7) is 4.93. The fourth-order valence-electron chi connectivity index (χ4n) is 11.3. The molecule has 0 rings (SSSR count). The van der Waals surface area contributed by atoms with Crippen molar-refractivity contribution in [2.45, 2.75) is 411 Å². The number of hydrogen-bond acceptors (Lipinski definition) is 5. The molecule has 0 aromatic heterocycles. The summed E-state index contributed by atoms with van der Waals surface area (Å²) in [5.74, 6) is -0.0478. The van der Waals surface area contributed by atoms with Crippen molar-refractivity contribution in [1.29, 1.82) is 0 Å².